The minimum Gasteiger partial charge on any atom is -0.380 e. The molecule has 0 fully saturated rings. The van der Waals surface area contributed by atoms with Crippen LogP contribution in [-0.2, 0) is 4.74 Å². The summed E-state index contributed by atoms with van der Waals surface area (Å²) in [6, 6.07) is 2.21. The lowest BCUT2D eigenvalue weighted by molar-refractivity contribution is 0.149. The fraction of sp³-hybridized carbons (Fsp3) is 0.500. The fourth-order valence-corrected chi connectivity index (χ4v) is 1.77. The molecule has 4 nitrogen and oxygen atoms in total. The first-order valence-corrected chi connectivity index (χ1v) is 6.65. The van der Waals surface area contributed by atoms with Gasteiger partial charge in [-0.15, -0.1) is 0 Å². The van der Waals surface area contributed by atoms with Crippen molar-refractivity contribution in [3.63, 3.8) is 0 Å². The molecule has 6 heteroatoms. The van der Waals surface area contributed by atoms with Gasteiger partial charge in [-0.25, -0.2) is 13.6 Å². The number of nitrogens with one attached hydrogen (secondary N) is 2. The van der Waals surface area contributed by atoms with E-state index < -0.39 is 23.7 Å². The maximum Gasteiger partial charge on any atom is 0.315 e. The zero-order valence-electron chi connectivity index (χ0n) is 11.7. The van der Waals surface area contributed by atoms with E-state index in [1.165, 1.54) is 0 Å². The number of carbonyl (C=O) groups is 1. The van der Waals surface area contributed by atoms with Crippen LogP contribution >= 0.6 is 0 Å². The van der Waals surface area contributed by atoms with Gasteiger partial charge in [0, 0.05) is 18.7 Å². The number of hydrogen-bond acceptors (Lipinski definition) is 2. The van der Waals surface area contributed by atoms with Crippen molar-refractivity contribution in [1.82, 2.24) is 10.6 Å². The number of carbonyl (C=O) groups excluding carboxylic acids is 1. The first kappa shape index (κ1) is 16.4. The molecular formula is C14H20F2N2O2. The van der Waals surface area contributed by atoms with Gasteiger partial charge in [0.15, 0.2) is 0 Å². The summed E-state index contributed by atoms with van der Waals surface area (Å²) < 4.78 is 31.9. The minimum atomic E-state index is -0.571. The molecule has 1 aromatic carbocycles. The van der Waals surface area contributed by atoms with E-state index in [0.717, 1.165) is 18.2 Å². The average molecular weight is 286 g/mol. The first-order valence-electron chi connectivity index (χ1n) is 6.65. The van der Waals surface area contributed by atoms with E-state index in [-0.39, 0.29) is 5.56 Å². The fourth-order valence-electron chi connectivity index (χ4n) is 1.77. The van der Waals surface area contributed by atoms with Crippen LogP contribution in [0.2, 0.25) is 0 Å². The van der Waals surface area contributed by atoms with Crippen molar-refractivity contribution in [2.24, 2.45) is 0 Å². The Morgan fingerprint density at radius 1 is 1.35 bits per heavy atom. The number of benzene rings is 1. The van der Waals surface area contributed by atoms with Crippen molar-refractivity contribution < 1.29 is 18.3 Å². The molecule has 0 aliphatic rings. The zero-order valence-corrected chi connectivity index (χ0v) is 11.7. The molecule has 0 unspecified atom stereocenters. The third-order valence-corrected chi connectivity index (χ3v) is 2.78. The van der Waals surface area contributed by atoms with Crippen LogP contribution in [0.5, 0.6) is 0 Å². The van der Waals surface area contributed by atoms with Gasteiger partial charge in [0.2, 0.25) is 0 Å². The molecule has 0 aliphatic heterocycles. The lowest BCUT2D eigenvalue weighted by atomic mass is 10.0. The summed E-state index contributed by atoms with van der Waals surface area (Å²) in [7, 11) is 0. The van der Waals surface area contributed by atoms with Gasteiger partial charge >= 0.3 is 6.03 Å². The molecule has 112 valence electrons. The van der Waals surface area contributed by atoms with Crippen LogP contribution in [0.4, 0.5) is 13.6 Å². The molecule has 20 heavy (non-hydrogen) atoms. The molecular weight excluding hydrogens is 266 g/mol. The Kier molecular flexibility index (Phi) is 6.93. The predicted octanol–water partition coefficient (Wildman–Crippen LogP) is 2.75. The number of rotatable bonds is 7. The quantitative estimate of drug-likeness (QED) is 0.757. The summed E-state index contributed by atoms with van der Waals surface area (Å²) in [6.45, 7) is 5.00. The van der Waals surface area contributed by atoms with E-state index >= 15 is 0 Å². The van der Waals surface area contributed by atoms with E-state index in [2.05, 4.69) is 10.6 Å². The second-order valence-corrected chi connectivity index (χ2v) is 4.22. The number of amides is 2. The molecule has 2 N–H and O–H groups in total. The highest BCUT2D eigenvalue weighted by atomic mass is 19.1. The van der Waals surface area contributed by atoms with Crippen LogP contribution in [0.25, 0.3) is 0 Å². The SMILES string of the molecule is CCOCCNC(=O)N[C@@H](CC)c1cc(F)ccc1F. The smallest absolute Gasteiger partial charge is 0.315 e. The molecule has 2 amide bonds. The van der Waals surface area contributed by atoms with Gasteiger partial charge in [0.1, 0.15) is 11.6 Å². The number of hydrogen-bond donors (Lipinski definition) is 2. The first-order chi connectivity index (χ1) is 9.58. The van der Waals surface area contributed by atoms with Crippen molar-refractivity contribution in [2.45, 2.75) is 26.3 Å². The van der Waals surface area contributed by atoms with Crippen LogP contribution in [0.15, 0.2) is 18.2 Å². The molecule has 0 heterocycles. The molecule has 0 saturated heterocycles. The molecule has 0 spiro atoms. The maximum absolute atomic E-state index is 13.7. The topological polar surface area (TPSA) is 50.4 Å². The van der Waals surface area contributed by atoms with Gasteiger partial charge in [-0.1, -0.05) is 6.92 Å². The van der Waals surface area contributed by atoms with Gasteiger partial charge in [0.05, 0.1) is 12.6 Å². The lowest BCUT2D eigenvalue weighted by Gasteiger charge is -2.18. The van der Waals surface area contributed by atoms with Gasteiger partial charge in [0.25, 0.3) is 0 Å². The summed E-state index contributed by atoms with van der Waals surface area (Å²) in [5.74, 6) is -1.06. The Labute approximate surface area is 117 Å². The summed E-state index contributed by atoms with van der Waals surface area (Å²) in [6.07, 6.45) is 0.458. The van der Waals surface area contributed by atoms with E-state index in [4.69, 9.17) is 4.74 Å². The van der Waals surface area contributed by atoms with E-state index in [1.54, 1.807) is 6.92 Å². The van der Waals surface area contributed by atoms with Gasteiger partial charge in [-0.3, -0.25) is 0 Å². The predicted molar refractivity (Wildman–Crippen MR) is 72.4 cm³/mol. The van der Waals surface area contributed by atoms with Crippen LogP contribution in [-0.4, -0.2) is 25.8 Å². The third-order valence-electron chi connectivity index (χ3n) is 2.78. The van der Waals surface area contributed by atoms with Crippen LogP contribution in [0, 0.1) is 11.6 Å². The van der Waals surface area contributed by atoms with Crippen LogP contribution < -0.4 is 10.6 Å². The van der Waals surface area contributed by atoms with Crippen molar-refractivity contribution in [3.05, 3.63) is 35.4 Å². The summed E-state index contributed by atoms with van der Waals surface area (Å²) in [5.41, 5.74) is 0.146. The Hall–Kier alpha value is -1.69. The monoisotopic (exact) mass is 286 g/mol. The average Bonchev–Trinajstić information content (AvgIpc) is 2.44. The molecule has 0 aromatic heterocycles. The van der Waals surface area contributed by atoms with Gasteiger partial charge in [-0.2, -0.15) is 0 Å². The third kappa shape index (κ3) is 5.13. The molecule has 1 atom stereocenters. The number of ether oxygens (including phenoxy) is 1. The second kappa shape index (κ2) is 8.47. The molecule has 0 bridgehead atoms. The van der Waals surface area contributed by atoms with Gasteiger partial charge in [-0.05, 0) is 31.5 Å². The van der Waals surface area contributed by atoms with Crippen molar-refractivity contribution in [3.8, 4) is 0 Å². The standard InChI is InChI=1S/C14H20F2N2O2/c1-3-13(11-9-10(15)5-6-12(11)16)18-14(19)17-7-8-20-4-2/h5-6,9,13H,3-4,7-8H2,1-2H3,(H2,17,18,19)/t13-/m0/s1. The summed E-state index contributed by atoms with van der Waals surface area (Å²) >= 11 is 0. The molecule has 0 aliphatic carbocycles. The van der Waals surface area contributed by atoms with E-state index in [0.29, 0.717) is 26.2 Å². The number of urea groups is 1. The van der Waals surface area contributed by atoms with Gasteiger partial charge < -0.3 is 15.4 Å². The van der Waals surface area contributed by atoms with Crippen molar-refractivity contribution in [2.75, 3.05) is 19.8 Å². The lowest BCUT2D eigenvalue weighted by Crippen LogP contribution is -2.39. The van der Waals surface area contributed by atoms with Crippen LogP contribution in [0.3, 0.4) is 0 Å². The zero-order chi connectivity index (χ0) is 15.0. The molecule has 0 radical (unpaired) electrons. The van der Waals surface area contributed by atoms with Crippen molar-refractivity contribution in [1.29, 1.82) is 0 Å². The Bertz CT molecular complexity index is 441. The highest BCUT2D eigenvalue weighted by Crippen LogP contribution is 2.20. The van der Waals surface area contributed by atoms with E-state index in [9.17, 15) is 13.6 Å². The molecule has 0 saturated carbocycles. The minimum absolute atomic E-state index is 0.146. The van der Waals surface area contributed by atoms with Crippen molar-refractivity contribution >= 4 is 6.03 Å². The molecule has 1 rings (SSSR count). The summed E-state index contributed by atoms with van der Waals surface area (Å²) in [5, 5.41) is 5.21. The summed E-state index contributed by atoms with van der Waals surface area (Å²) in [4.78, 5) is 11.7. The van der Waals surface area contributed by atoms with Crippen LogP contribution in [0.1, 0.15) is 31.9 Å². The Morgan fingerprint density at radius 3 is 2.75 bits per heavy atom. The van der Waals surface area contributed by atoms with E-state index in [1.807, 2.05) is 6.92 Å². The molecule has 1 aromatic rings. The second-order valence-electron chi connectivity index (χ2n) is 4.22. The highest BCUT2D eigenvalue weighted by molar-refractivity contribution is 5.74. The Balaban J connectivity index is 2.58. The maximum atomic E-state index is 13.7. The number of halogens is 2. The largest absolute Gasteiger partial charge is 0.380 e. The highest BCUT2D eigenvalue weighted by Gasteiger charge is 2.17. The normalized spacial score (nSPS) is 12.0. The Morgan fingerprint density at radius 2 is 2.10 bits per heavy atom.